The predicted octanol–water partition coefficient (Wildman–Crippen LogP) is 1.50. The first-order chi connectivity index (χ1) is 11.5. The molecule has 0 amide bonds. The molecule has 0 saturated heterocycles. The Balaban J connectivity index is 2.24. The SMILES string of the molecule is COc1ccc(S(=O)(=O)n2cc(C=O)c3cnc(OC)nc32)cc1. The topological polar surface area (TPSA) is 100 Å². The Morgan fingerprint density at radius 3 is 2.42 bits per heavy atom. The third-order valence-corrected chi connectivity index (χ3v) is 5.11. The van der Waals surface area contributed by atoms with Crippen molar-refractivity contribution in [1.82, 2.24) is 13.9 Å². The summed E-state index contributed by atoms with van der Waals surface area (Å²) in [6.45, 7) is 0. The number of carbonyl (C=O) groups is 1. The molecule has 24 heavy (non-hydrogen) atoms. The Kier molecular flexibility index (Phi) is 3.94. The fraction of sp³-hybridized carbons (Fsp3) is 0.133. The van der Waals surface area contributed by atoms with Crippen LogP contribution in [0, 0.1) is 0 Å². The standard InChI is InChI=1S/C15H13N3O5S/c1-22-11-3-5-12(6-4-11)24(20,21)18-8-10(9-19)13-7-16-15(23-2)17-14(13)18/h3-9H,1-2H3. The minimum Gasteiger partial charge on any atom is -0.497 e. The summed E-state index contributed by atoms with van der Waals surface area (Å²) < 4.78 is 36.7. The Morgan fingerprint density at radius 2 is 1.83 bits per heavy atom. The monoisotopic (exact) mass is 347 g/mol. The van der Waals surface area contributed by atoms with Crippen molar-refractivity contribution in [3.8, 4) is 11.8 Å². The first kappa shape index (κ1) is 15.9. The third-order valence-electron chi connectivity index (χ3n) is 3.45. The zero-order chi connectivity index (χ0) is 17.3. The number of aldehydes is 1. The highest BCUT2D eigenvalue weighted by Gasteiger charge is 2.23. The van der Waals surface area contributed by atoms with Gasteiger partial charge in [0, 0.05) is 23.3 Å². The molecule has 0 aliphatic rings. The highest BCUT2D eigenvalue weighted by molar-refractivity contribution is 7.90. The minimum atomic E-state index is -3.95. The Hall–Kier alpha value is -2.94. The van der Waals surface area contributed by atoms with E-state index in [1.54, 1.807) is 0 Å². The van der Waals surface area contributed by atoms with Gasteiger partial charge in [-0.1, -0.05) is 0 Å². The van der Waals surface area contributed by atoms with Crippen LogP contribution in [0.2, 0.25) is 0 Å². The number of rotatable bonds is 5. The maximum Gasteiger partial charge on any atom is 0.318 e. The molecule has 2 heterocycles. The maximum atomic E-state index is 12.9. The van der Waals surface area contributed by atoms with Crippen LogP contribution in [0.5, 0.6) is 11.8 Å². The zero-order valence-electron chi connectivity index (χ0n) is 12.8. The van der Waals surface area contributed by atoms with Gasteiger partial charge in [-0.15, -0.1) is 0 Å². The van der Waals surface area contributed by atoms with Gasteiger partial charge in [-0.05, 0) is 24.3 Å². The van der Waals surface area contributed by atoms with Crippen LogP contribution in [-0.4, -0.2) is 42.9 Å². The summed E-state index contributed by atoms with van der Waals surface area (Å²) in [6, 6.07) is 5.91. The van der Waals surface area contributed by atoms with Gasteiger partial charge >= 0.3 is 6.01 Å². The highest BCUT2D eigenvalue weighted by Crippen LogP contribution is 2.25. The van der Waals surface area contributed by atoms with E-state index >= 15 is 0 Å². The van der Waals surface area contributed by atoms with E-state index in [-0.39, 0.29) is 22.1 Å². The molecule has 3 aromatic rings. The normalized spacial score (nSPS) is 11.4. The van der Waals surface area contributed by atoms with E-state index in [1.165, 1.54) is 50.9 Å². The van der Waals surface area contributed by atoms with E-state index in [9.17, 15) is 13.2 Å². The van der Waals surface area contributed by atoms with Gasteiger partial charge in [0.25, 0.3) is 10.0 Å². The number of methoxy groups -OCH3 is 2. The summed E-state index contributed by atoms with van der Waals surface area (Å²) in [5.41, 5.74) is 0.240. The molecule has 9 heteroatoms. The summed E-state index contributed by atoms with van der Waals surface area (Å²) >= 11 is 0. The maximum absolute atomic E-state index is 12.9. The highest BCUT2D eigenvalue weighted by atomic mass is 32.2. The summed E-state index contributed by atoms with van der Waals surface area (Å²) in [4.78, 5) is 19.2. The summed E-state index contributed by atoms with van der Waals surface area (Å²) in [6.07, 6.45) is 3.12. The first-order valence-electron chi connectivity index (χ1n) is 6.78. The molecular weight excluding hydrogens is 334 g/mol. The Morgan fingerprint density at radius 1 is 1.12 bits per heavy atom. The van der Waals surface area contributed by atoms with Gasteiger partial charge in [-0.2, -0.15) is 4.98 Å². The van der Waals surface area contributed by atoms with Crippen molar-refractivity contribution < 1.29 is 22.7 Å². The average Bonchev–Trinajstić information content (AvgIpc) is 3.00. The van der Waals surface area contributed by atoms with Crippen molar-refractivity contribution in [2.75, 3.05) is 14.2 Å². The van der Waals surface area contributed by atoms with Crippen LogP contribution < -0.4 is 9.47 Å². The lowest BCUT2D eigenvalue weighted by molar-refractivity contribution is 0.112. The molecule has 8 nitrogen and oxygen atoms in total. The Labute approximate surface area is 137 Å². The van der Waals surface area contributed by atoms with Crippen LogP contribution in [0.15, 0.2) is 41.6 Å². The molecular formula is C15H13N3O5S. The zero-order valence-corrected chi connectivity index (χ0v) is 13.6. The molecule has 0 atom stereocenters. The second kappa shape index (κ2) is 5.93. The molecule has 0 fully saturated rings. The van der Waals surface area contributed by atoms with E-state index in [2.05, 4.69) is 9.97 Å². The van der Waals surface area contributed by atoms with E-state index in [4.69, 9.17) is 9.47 Å². The molecule has 2 aromatic heterocycles. The lowest BCUT2D eigenvalue weighted by atomic mass is 10.3. The van der Waals surface area contributed by atoms with Crippen LogP contribution >= 0.6 is 0 Å². The fourth-order valence-corrected chi connectivity index (χ4v) is 3.55. The van der Waals surface area contributed by atoms with Gasteiger partial charge in [0.2, 0.25) is 0 Å². The number of nitrogens with zero attached hydrogens (tertiary/aromatic N) is 3. The molecule has 0 saturated carbocycles. The van der Waals surface area contributed by atoms with Gasteiger partial charge in [0.1, 0.15) is 5.75 Å². The first-order valence-corrected chi connectivity index (χ1v) is 8.22. The molecule has 0 spiro atoms. The minimum absolute atomic E-state index is 0.00392. The van der Waals surface area contributed by atoms with Gasteiger partial charge in [0.15, 0.2) is 11.9 Å². The van der Waals surface area contributed by atoms with Crippen molar-refractivity contribution in [3.05, 3.63) is 42.2 Å². The smallest absolute Gasteiger partial charge is 0.318 e. The molecule has 0 aliphatic carbocycles. The van der Waals surface area contributed by atoms with Crippen molar-refractivity contribution in [1.29, 1.82) is 0 Å². The summed E-state index contributed by atoms with van der Waals surface area (Å²) in [7, 11) is -1.09. The predicted molar refractivity (Wildman–Crippen MR) is 85.0 cm³/mol. The summed E-state index contributed by atoms with van der Waals surface area (Å²) in [5.74, 6) is 0.531. The molecule has 0 unspecified atom stereocenters. The van der Waals surface area contributed by atoms with E-state index in [0.717, 1.165) is 3.97 Å². The number of ether oxygens (including phenoxy) is 2. The van der Waals surface area contributed by atoms with E-state index in [1.807, 2.05) is 0 Å². The molecule has 0 N–H and O–H groups in total. The lowest BCUT2D eigenvalue weighted by Crippen LogP contribution is -2.12. The van der Waals surface area contributed by atoms with Crippen LogP contribution in [0.1, 0.15) is 10.4 Å². The third kappa shape index (κ3) is 2.48. The van der Waals surface area contributed by atoms with Crippen molar-refractivity contribution in [2.24, 2.45) is 0 Å². The second-order valence-corrected chi connectivity index (χ2v) is 6.59. The molecule has 0 bridgehead atoms. The quantitative estimate of drug-likeness (QED) is 0.645. The molecule has 0 radical (unpaired) electrons. The molecule has 124 valence electrons. The van der Waals surface area contributed by atoms with Crippen LogP contribution in [0.25, 0.3) is 11.0 Å². The largest absolute Gasteiger partial charge is 0.497 e. The number of benzene rings is 1. The van der Waals surface area contributed by atoms with Gasteiger partial charge in [-0.3, -0.25) is 4.79 Å². The van der Waals surface area contributed by atoms with Crippen molar-refractivity contribution in [3.63, 3.8) is 0 Å². The number of hydrogen-bond donors (Lipinski definition) is 0. The number of fused-ring (bicyclic) bond motifs is 1. The average molecular weight is 347 g/mol. The van der Waals surface area contributed by atoms with Crippen LogP contribution in [-0.2, 0) is 10.0 Å². The van der Waals surface area contributed by atoms with Crippen molar-refractivity contribution >= 4 is 27.3 Å². The van der Waals surface area contributed by atoms with Gasteiger partial charge in [-0.25, -0.2) is 17.4 Å². The number of carbonyl (C=O) groups excluding carboxylic acids is 1. The molecule has 1 aromatic carbocycles. The number of hydrogen-bond acceptors (Lipinski definition) is 7. The molecule has 3 rings (SSSR count). The van der Waals surface area contributed by atoms with E-state index in [0.29, 0.717) is 17.4 Å². The fourth-order valence-electron chi connectivity index (χ4n) is 2.22. The Bertz CT molecular complexity index is 1010. The van der Waals surface area contributed by atoms with Gasteiger partial charge in [0.05, 0.1) is 19.1 Å². The lowest BCUT2D eigenvalue weighted by Gasteiger charge is -2.08. The van der Waals surface area contributed by atoms with Gasteiger partial charge < -0.3 is 9.47 Å². The van der Waals surface area contributed by atoms with E-state index < -0.39 is 10.0 Å². The molecule has 0 aliphatic heterocycles. The van der Waals surface area contributed by atoms with Crippen molar-refractivity contribution in [2.45, 2.75) is 4.90 Å². The summed E-state index contributed by atoms with van der Waals surface area (Å²) in [5, 5.41) is 0.322. The van der Waals surface area contributed by atoms with Crippen LogP contribution in [0.3, 0.4) is 0 Å². The number of aromatic nitrogens is 3. The second-order valence-electron chi connectivity index (χ2n) is 4.77. The van der Waals surface area contributed by atoms with Crippen LogP contribution in [0.4, 0.5) is 0 Å².